The third kappa shape index (κ3) is 5.76. The lowest BCUT2D eigenvalue weighted by atomic mass is 10.1. The molecule has 7 heteroatoms. The van der Waals surface area contributed by atoms with Crippen molar-refractivity contribution in [1.82, 2.24) is 0 Å². The molecule has 1 rings (SSSR count). The number of ether oxygens (including phenoxy) is 1. The minimum atomic E-state index is -0.604. The van der Waals surface area contributed by atoms with Crippen molar-refractivity contribution in [3.63, 3.8) is 0 Å². The molecule has 0 N–H and O–H groups in total. The number of non-ortho nitro benzene ring substituents is 1. The van der Waals surface area contributed by atoms with E-state index in [2.05, 4.69) is 6.92 Å². The van der Waals surface area contributed by atoms with Gasteiger partial charge in [0.1, 0.15) is 0 Å². The fourth-order valence-electron chi connectivity index (χ4n) is 1.87. The third-order valence-corrected chi connectivity index (χ3v) is 3.00. The van der Waals surface area contributed by atoms with E-state index in [1.165, 1.54) is 0 Å². The Morgan fingerprint density at radius 3 is 2.29 bits per heavy atom. The molecule has 21 heavy (non-hydrogen) atoms. The first-order valence-electron chi connectivity index (χ1n) is 6.91. The minimum absolute atomic E-state index is 0.0491. The first-order chi connectivity index (χ1) is 10.1. The summed E-state index contributed by atoms with van der Waals surface area (Å²) in [5.74, 6) is -0.0491. The summed E-state index contributed by atoms with van der Waals surface area (Å²) in [5, 5.41) is 21.5. The van der Waals surface area contributed by atoms with Crippen molar-refractivity contribution in [1.29, 1.82) is 0 Å². The highest BCUT2D eigenvalue weighted by Crippen LogP contribution is 2.31. The Morgan fingerprint density at radius 1 is 1.00 bits per heavy atom. The molecule has 1 aromatic rings. The first-order valence-corrected chi connectivity index (χ1v) is 6.91. The van der Waals surface area contributed by atoms with E-state index in [1.807, 2.05) is 0 Å². The number of benzene rings is 1. The molecule has 7 nitrogen and oxygen atoms in total. The van der Waals surface area contributed by atoms with Crippen molar-refractivity contribution in [2.75, 3.05) is 6.61 Å². The molecule has 0 heterocycles. The van der Waals surface area contributed by atoms with E-state index in [0.29, 0.717) is 6.61 Å². The van der Waals surface area contributed by atoms with Gasteiger partial charge in [0.15, 0.2) is 0 Å². The van der Waals surface area contributed by atoms with Crippen LogP contribution in [0.2, 0.25) is 0 Å². The number of hydrogen-bond donors (Lipinski definition) is 0. The van der Waals surface area contributed by atoms with Gasteiger partial charge in [-0.1, -0.05) is 39.0 Å². The van der Waals surface area contributed by atoms with E-state index in [1.54, 1.807) is 0 Å². The average molecular weight is 295 g/mol. The van der Waals surface area contributed by atoms with Gasteiger partial charge in [-0.25, -0.2) is 0 Å². The average Bonchev–Trinajstić information content (AvgIpc) is 2.45. The van der Waals surface area contributed by atoms with Gasteiger partial charge in [0.2, 0.25) is 5.75 Å². The van der Waals surface area contributed by atoms with E-state index >= 15 is 0 Å². The molecule has 1 aromatic carbocycles. The number of nitrogens with zero attached hydrogens (tertiary/aromatic N) is 2. The lowest BCUT2D eigenvalue weighted by molar-refractivity contribution is -0.389. The van der Waals surface area contributed by atoms with Crippen LogP contribution >= 0.6 is 0 Å². The Kier molecular flexibility index (Phi) is 7.14. The van der Waals surface area contributed by atoms with Crippen molar-refractivity contribution in [2.45, 2.75) is 38.5 Å². The van der Waals surface area contributed by atoms with Crippen LogP contribution in [0.1, 0.15) is 38.5 Å². The molecule has 0 aliphatic rings. The van der Waals surface area contributed by atoms with E-state index in [-0.39, 0.29) is 17.1 Å². The van der Waals surface area contributed by atoms with Gasteiger partial charge in [-0.15, -0.1) is 0 Å². The van der Waals surface area contributed by atoms with Crippen molar-refractivity contribution < 1.29 is 14.6 Å². The molecule has 0 bridgehead atoms. The Labute approximate surface area is 123 Å². The molecule has 0 aliphatic carbocycles. The maximum absolute atomic E-state index is 10.9. The smallest absolute Gasteiger partial charge is 0.311 e. The van der Waals surface area contributed by atoms with Gasteiger partial charge in [0.25, 0.3) is 5.69 Å². The quantitative estimate of drug-likeness (QED) is 0.368. The molecular formula is C14H19N2O5. The zero-order chi connectivity index (χ0) is 15.7. The van der Waals surface area contributed by atoms with Gasteiger partial charge in [0.05, 0.1) is 22.5 Å². The predicted molar refractivity (Wildman–Crippen MR) is 78.3 cm³/mol. The zero-order valence-corrected chi connectivity index (χ0v) is 11.8. The fourth-order valence-corrected chi connectivity index (χ4v) is 1.87. The summed E-state index contributed by atoms with van der Waals surface area (Å²) in [6, 6.07) is 3.30. The van der Waals surface area contributed by atoms with Crippen LogP contribution in [0, 0.1) is 27.2 Å². The normalized spacial score (nSPS) is 10.3. The highest BCUT2D eigenvalue weighted by molar-refractivity contribution is 5.52. The van der Waals surface area contributed by atoms with Crippen LogP contribution < -0.4 is 4.74 Å². The van der Waals surface area contributed by atoms with Gasteiger partial charge in [-0.05, 0) is 6.42 Å². The van der Waals surface area contributed by atoms with Crippen molar-refractivity contribution in [3.8, 4) is 5.75 Å². The van der Waals surface area contributed by atoms with E-state index in [0.717, 1.165) is 56.7 Å². The van der Waals surface area contributed by atoms with Gasteiger partial charge in [-0.2, -0.15) is 0 Å². The van der Waals surface area contributed by atoms with Crippen LogP contribution in [0.4, 0.5) is 11.4 Å². The molecule has 0 aromatic heterocycles. The summed E-state index contributed by atoms with van der Waals surface area (Å²) in [4.78, 5) is 20.3. The molecule has 0 unspecified atom stereocenters. The van der Waals surface area contributed by atoms with Crippen LogP contribution in [-0.2, 0) is 0 Å². The first kappa shape index (κ1) is 16.9. The summed E-state index contributed by atoms with van der Waals surface area (Å²) < 4.78 is 5.34. The summed E-state index contributed by atoms with van der Waals surface area (Å²) in [6.07, 6.45) is 5.92. The van der Waals surface area contributed by atoms with Gasteiger partial charge in [0, 0.05) is 12.1 Å². The molecule has 0 spiro atoms. The summed E-state index contributed by atoms with van der Waals surface area (Å²) in [6.45, 7) is 4.08. The van der Waals surface area contributed by atoms with E-state index in [4.69, 9.17) is 4.74 Å². The van der Waals surface area contributed by atoms with Crippen molar-refractivity contribution >= 4 is 11.4 Å². The standard InChI is InChI=1S/C14H19N2O5/c1-2-3-4-5-6-7-10-21-14-11-12(15(17)18)8-9-13(14)16(19)20/h8-9,11H,1-7,10H2. The highest BCUT2D eigenvalue weighted by atomic mass is 16.6. The molecular weight excluding hydrogens is 276 g/mol. The summed E-state index contributed by atoms with van der Waals surface area (Å²) in [7, 11) is 0. The molecule has 0 atom stereocenters. The molecule has 115 valence electrons. The second-order valence-electron chi connectivity index (χ2n) is 4.64. The Bertz CT molecular complexity index is 490. The number of hydrogen-bond acceptors (Lipinski definition) is 5. The maximum atomic E-state index is 10.9. The fraction of sp³-hybridized carbons (Fsp3) is 0.500. The molecule has 0 saturated carbocycles. The minimum Gasteiger partial charge on any atom is -0.487 e. The molecule has 0 amide bonds. The summed E-state index contributed by atoms with van der Waals surface area (Å²) >= 11 is 0. The van der Waals surface area contributed by atoms with Gasteiger partial charge >= 0.3 is 5.69 Å². The van der Waals surface area contributed by atoms with Crippen LogP contribution in [0.3, 0.4) is 0 Å². The monoisotopic (exact) mass is 295 g/mol. The Hall–Kier alpha value is -2.18. The number of nitro groups is 2. The van der Waals surface area contributed by atoms with Crippen LogP contribution in [0.5, 0.6) is 5.75 Å². The molecule has 0 saturated heterocycles. The van der Waals surface area contributed by atoms with E-state index < -0.39 is 9.85 Å². The van der Waals surface area contributed by atoms with Crippen molar-refractivity contribution in [3.05, 3.63) is 45.4 Å². The second-order valence-corrected chi connectivity index (χ2v) is 4.64. The number of nitro benzene ring substituents is 2. The van der Waals surface area contributed by atoms with Crippen molar-refractivity contribution in [2.24, 2.45) is 0 Å². The zero-order valence-electron chi connectivity index (χ0n) is 11.8. The SMILES string of the molecule is [CH2]CCCCCCCOc1cc([N+](=O)[O-])ccc1[N+](=O)[O-]. The lowest BCUT2D eigenvalue weighted by Crippen LogP contribution is -2.01. The largest absolute Gasteiger partial charge is 0.487 e. The Balaban J connectivity index is 2.53. The third-order valence-electron chi connectivity index (χ3n) is 3.00. The van der Waals surface area contributed by atoms with Crippen LogP contribution in [0.15, 0.2) is 18.2 Å². The second kappa shape index (κ2) is 8.89. The molecule has 0 fully saturated rings. The molecule has 0 aliphatic heterocycles. The van der Waals surface area contributed by atoms with Gasteiger partial charge < -0.3 is 4.74 Å². The lowest BCUT2D eigenvalue weighted by Gasteiger charge is -2.06. The summed E-state index contributed by atoms with van der Waals surface area (Å²) in [5.41, 5.74) is -0.469. The van der Waals surface area contributed by atoms with Crippen LogP contribution in [-0.4, -0.2) is 16.5 Å². The highest BCUT2D eigenvalue weighted by Gasteiger charge is 2.19. The maximum Gasteiger partial charge on any atom is 0.311 e. The van der Waals surface area contributed by atoms with Gasteiger partial charge in [-0.3, -0.25) is 20.2 Å². The topological polar surface area (TPSA) is 95.5 Å². The number of unbranched alkanes of at least 4 members (excludes halogenated alkanes) is 5. The number of rotatable bonds is 10. The Morgan fingerprint density at radius 2 is 1.67 bits per heavy atom. The molecule has 1 radical (unpaired) electrons. The predicted octanol–water partition coefficient (Wildman–Crippen LogP) is 4.06. The van der Waals surface area contributed by atoms with E-state index in [9.17, 15) is 20.2 Å². The van der Waals surface area contributed by atoms with Crippen LogP contribution in [0.25, 0.3) is 0 Å².